The highest BCUT2D eigenvalue weighted by molar-refractivity contribution is 5.70. The molecule has 0 spiro atoms. The van der Waals surface area contributed by atoms with Crippen LogP contribution in [0.1, 0.15) is 12.0 Å². The Labute approximate surface area is 88.9 Å². The van der Waals surface area contributed by atoms with Gasteiger partial charge in [-0.1, -0.05) is 18.2 Å². The van der Waals surface area contributed by atoms with Crippen molar-refractivity contribution in [3.63, 3.8) is 0 Å². The Bertz CT molecular complexity index is 325. The van der Waals surface area contributed by atoms with Crippen molar-refractivity contribution < 1.29 is 14.6 Å². The summed E-state index contributed by atoms with van der Waals surface area (Å²) in [6, 6.07) is 7.30. The van der Waals surface area contributed by atoms with Gasteiger partial charge in [-0.25, -0.2) is 4.79 Å². The van der Waals surface area contributed by atoms with E-state index in [2.05, 4.69) is 5.32 Å². The number of para-hydroxylation sites is 1. The lowest BCUT2D eigenvalue weighted by Crippen LogP contribution is -2.28. The third kappa shape index (κ3) is 3.99. The van der Waals surface area contributed by atoms with E-state index in [-0.39, 0.29) is 6.61 Å². The molecule has 0 saturated carbocycles. The molecule has 2 N–H and O–H groups in total. The molecule has 0 unspecified atom stereocenters. The largest absolute Gasteiger partial charge is 0.412 e. The third-order valence-corrected chi connectivity index (χ3v) is 1.90. The molecule has 0 radical (unpaired) electrons. The number of hydrogen-bond acceptors (Lipinski definition) is 3. The molecule has 0 aliphatic carbocycles. The maximum Gasteiger partial charge on any atom is 0.412 e. The Kier molecular flexibility index (Phi) is 4.63. The molecule has 82 valence electrons. The topological polar surface area (TPSA) is 58.6 Å². The average Bonchev–Trinajstić information content (AvgIpc) is 2.22. The number of nitrogens with one attached hydrogen (secondary N) is 1. The van der Waals surface area contributed by atoms with Crippen molar-refractivity contribution in [1.29, 1.82) is 0 Å². The zero-order valence-corrected chi connectivity index (χ0v) is 8.69. The number of benzene rings is 1. The molecule has 1 aromatic rings. The van der Waals surface area contributed by atoms with Crippen LogP contribution in [-0.2, 0) is 0 Å². The van der Waals surface area contributed by atoms with Gasteiger partial charge in [-0.3, -0.25) is 0 Å². The lowest BCUT2D eigenvalue weighted by molar-refractivity contribution is 0.198. The van der Waals surface area contributed by atoms with Crippen molar-refractivity contribution in [3.8, 4) is 5.75 Å². The number of aliphatic hydroxyl groups is 1. The second kappa shape index (κ2) is 6.03. The first-order valence-corrected chi connectivity index (χ1v) is 4.86. The summed E-state index contributed by atoms with van der Waals surface area (Å²) in [5.74, 6) is 0.555. The van der Waals surface area contributed by atoms with Crippen molar-refractivity contribution in [2.75, 3.05) is 13.2 Å². The fourth-order valence-electron chi connectivity index (χ4n) is 1.08. The SMILES string of the molecule is Cc1ccccc1OC(=O)NCCCO. The van der Waals surface area contributed by atoms with Crippen molar-refractivity contribution >= 4 is 6.09 Å². The van der Waals surface area contributed by atoms with E-state index >= 15 is 0 Å². The third-order valence-electron chi connectivity index (χ3n) is 1.90. The fraction of sp³-hybridized carbons (Fsp3) is 0.364. The highest BCUT2D eigenvalue weighted by Gasteiger charge is 2.04. The van der Waals surface area contributed by atoms with E-state index < -0.39 is 6.09 Å². The Morgan fingerprint density at radius 1 is 1.47 bits per heavy atom. The maximum absolute atomic E-state index is 11.2. The first kappa shape index (κ1) is 11.5. The number of ether oxygens (including phenoxy) is 1. The summed E-state index contributed by atoms with van der Waals surface area (Å²) < 4.78 is 5.06. The number of rotatable bonds is 4. The number of carbonyl (C=O) groups is 1. The van der Waals surface area contributed by atoms with Gasteiger partial charge in [0.05, 0.1) is 0 Å². The van der Waals surface area contributed by atoms with E-state index in [1.807, 2.05) is 25.1 Å². The van der Waals surface area contributed by atoms with E-state index in [1.54, 1.807) is 6.07 Å². The van der Waals surface area contributed by atoms with Gasteiger partial charge < -0.3 is 15.2 Å². The lowest BCUT2D eigenvalue weighted by atomic mass is 10.2. The molecule has 0 atom stereocenters. The van der Waals surface area contributed by atoms with Gasteiger partial charge in [0.15, 0.2) is 0 Å². The van der Waals surface area contributed by atoms with Crippen LogP contribution in [0.15, 0.2) is 24.3 Å². The van der Waals surface area contributed by atoms with Gasteiger partial charge in [-0.2, -0.15) is 0 Å². The van der Waals surface area contributed by atoms with Crippen molar-refractivity contribution in [2.45, 2.75) is 13.3 Å². The van der Waals surface area contributed by atoms with Crippen molar-refractivity contribution in [3.05, 3.63) is 29.8 Å². The van der Waals surface area contributed by atoms with Gasteiger partial charge in [0.25, 0.3) is 0 Å². The summed E-state index contributed by atoms with van der Waals surface area (Å²) in [6.45, 7) is 2.35. The smallest absolute Gasteiger partial charge is 0.410 e. The molecular formula is C11H15NO3. The van der Waals surface area contributed by atoms with Crippen LogP contribution in [0.4, 0.5) is 4.79 Å². The van der Waals surface area contributed by atoms with Crippen LogP contribution < -0.4 is 10.1 Å². The molecule has 0 heterocycles. The van der Waals surface area contributed by atoms with Gasteiger partial charge in [0.1, 0.15) is 5.75 Å². The molecule has 4 nitrogen and oxygen atoms in total. The van der Waals surface area contributed by atoms with Crippen LogP contribution in [0, 0.1) is 6.92 Å². The van der Waals surface area contributed by atoms with Crippen LogP contribution in [0.25, 0.3) is 0 Å². The molecule has 1 amide bonds. The summed E-state index contributed by atoms with van der Waals surface area (Å²) in [5, 5.41) is 11.1. The van der Waals surface area contributed by atoms with E-state index in [0.717, 1.165) is 5.56 Å². The van der Waals surface area contributed by atoms with Gasteiger partial charge in [0.2, 0.25) is 0 Å². The minimum Gasteiger partial charge on any atom is -0.410 e. The summed E-state index contributed by atoms with van der Waals surface area (Å²) in [7, 11) is 0. The molecule has 0 fully saturated rings. The normalized spacial score (nSPS) is 9.73. The number of aryl methyl sites for hydroxylation is 1. The second-order valence-corrected chi connectivity index (χ2v) is 3.16. The molecule has 4 heteroatoms. The van der Waals surface area contributed by atoms with E-state index in [1.165, 1.54) is 0 Å². The Balaban J connectivity index is 2.41. The van der Waals surface area contributed by atoms with Gasteiger partial charge >= 0.3 is 6.09 Å². The minimum atomic E-state index is -0.488. The lowest BCUT2D eigenvalue weighted by Gasteiger charge is -2.07. The Morgan fingerprint density at radius 3 is 2.87 bits per heavy atom. The molecule has 0 saturated heterocycles. The zero-order chi connectivity index (χ0) is 11.1. The summed E-state index contributed by atoms with van der Waals surface area (Å²) in [4.78, 5) is 11.2. The van der Waals surface area contributed by atoms with Crippen LogP contribution in [0.2, 0.25) is 0 Å². The minimum absolute atomic E-state index is 0.0602. The maximum atomic E-state index is 11.2. The average molecular weight is 209 g/mol. The highest BCUT2D eigenvalue weighted by atomic mass is 16.6. The molecular weight excluding hydrogens is 194 g/mol. The molecule has 0 aliphatic heterocycles. The van der Waals surface area contributed by atoms with Gasteiger partial charge in [-0.15, -0.1) is 0 Å². The van der Waals surface area contributed by atoms with E-state index in [4.69, 9.17) is 9.84 Å². The van der Waals surface area contributed by atoms with Crippen molar-refractivity contribution in [2.24, 2.45) is 0 Å². The second-order valence-electron chi connectivity index (χ2n) is 3.16. The predicted molar refractivity (Wildman–Crippen MR) is 56.9 cm³/mol. The molecule has 0 bridgehead atoms. The van der Waals surface area contributed by atoms with Crippen LogP contribution in [0.5, 0.6) is 5.75 Å². The molecule has 1 aromatic carbocycles. The van der Waals surface area contributed by atoms with Crippen LogP contribution >= 0.6 is 0 Å². The molecule has 1 rings (SSSR count). The van der Waals surface area contributed by atoms with Gasteiger partial charge in [0, 0.05) is 13.2 Å². The molecule has 15 heavy (non-hydrogen) atoms. The Morgan fingerprint density at radius 2 is 2.20 bits per heavy atom. The number of amides is 1. The van der Waals surface area contributed by atoms with Crippen LogP contribution in [0.3, 0.4) is 0 Å². The van der Waals surface area contributed by atoms with E-state index in [0.29, 0.717) is 18.7 Å². The fourth-order valence-corrected chi connectivity index (χ4v) is 1.08. The van der Waals surface area contributed by atoms with Crippen LogP contribution in [-0.4, -0.2) is 24.4 Å². The standard InChI is InChI=1S/C11H15NO3/c1-9-5-2-3-6-10(9)15-11(14)12-7-4-8-13/h2-3,5-6,13H,4,7-8H2,1H3,(H,12,14). The monoisotopic (exact) mass is 209 g/mol. The summed E-state index contributed by atoms with van der Waals surface area (Å²) in [5.41, 5.74) is 0.912. The first-order chi connectivity index (χ1) is 7.24. The first-order valence-electron chi connectivity index (χ1n) is 4.86. The summed E-state index contributed by atoms with van der Waals surface area (Å²) >= 11 is 0. The summed E-state index contributed by atoms with van der Waals surface area (Å²) in [6.07, 6.45) is 0.0424. The molecule has 0 aliphatic rings. The number of aliphatic hydroxyl groups excluding tert-OH is 1. The number of hydrogen-bond donors (Lipinski definition) is 2. The van der Waals surface area contributed by atoms with E-state index in [9.17, 15) is 4.79 Å². The van der Waals surface area contributed by atoms with Crippen molar-refractivity contribution in [1.82, 2.24) is 5.32 Å². The predicted octanol–water partition coefficient (Wildman–Crippen LogP) is 1.47. The molecule has 0 aromatic heterocycles. The van der Waals surface area contributed by atoms with Gasteiger partial charge in [-0.05, 0) is 25.0 Å². The Hall–Kier alpha value is -1.55. The number of carbonyl (C=O) groups excluding carboxylic acids is 1. The zero-order valence-electron chi connectivity index (χ0n) is 8.69. The quantitative estimate of drug-likeness (QED) is 0.738. The highest BCUT2D eigenvalue weighted by Crippen LogP contribution is 2.15.